The van der Waals surface area contributed by atoms with E-state index >= 15 is 0 Å². The van der Waals surface area contributed by atoms with Crippen LogP contribution < -0.4 is 5.32 Å². The minimum Gasteiger partial charge on any atom is -0.315 e. The quantitative estimate of drug-likeness (QED) is 0.770. The highest BCUT2D eigenvalue weighted by molar-refractivity contribution is 5.29. The second-order valence-corrected chi connectivity index (χ2v) is 5.99. The second-order valence-electron chi connectivity index (χ2n) is 5.99. The zero-order chi connectivity index (χ0) is 17.8. The fourth-order valence-electron chi connectivity index (χ4n) is 2.98. The van der Waals surface area contributed by atoms with Crippen LogP contribution in [-0.2, 0) is 12.7 Å². The summed E-state index contributed by atoms with van der Waals surface area (Å²) in [5.74, 6) is 0. The Morgan fingerprint density at radius 2 is 1.79 bits per heavy atom. The molecule has 0 spiro atoms. The number of rotatable bonds is 6. The first kappa shape index (κ1) is 19.1. The van der Waals surface area contributed by atoms with Crippen molar-refractivity contribution < 1.29 is 26.3 Å². The molecule has 2 nitrogen and oxygen atoms in total. The van der Waals surface area contributed by atoms with Crippen LogP contribution in [0.3, 0.4) is 0 Å². The predicted octanol–water partition coefficient (Wildman–Crippen LogP) is 4.21. The van der Waals surface area contributed by atoms with Gasteiger partial charge in [0.25, 0.3) is 0 Å². The van der Waals surface area contributed by atoms with Gasteiger partial charge in [-0.3, -0.25) is 4.90 Å². The summed E-state index contributed by atoms with van der Waals surface area (Å²) in [6.07, 6.45) is -9.04. The zero-order valence-corrected chi connectivity index (χ0v) is 13.1. The molecule has 0 saturated carbocycles. The summed E-state index contributed by atoms with van der Waals surface area (Å²) >= 11 is 0. The molecule has 1 aromatic carbocycles. The van der Waals surface area contributed by atoms with E-state index in [2.05, 4.69) is 5.32 Å². The Labute approximate surface area is 136 Å². The molecule has 1 unspecified atom stereocenters. The van der Waals surface area contributed by atoms with Gasteiger partial charge in [-0.2, -0.15) is 26.3 Å². The lowest BCUT2D eigenvalue weighted by Crippen LogP contribution is -2.38. The van der Waals surface area contributed by atoms with E-state index in [-0.39, 0.29) is 31.1 Å². The summed E-state index contributed by atoms with van der Waals surface area (Å²) in [5.41, 5.74) is -0.624. The summed E-state index contributed by atoms with van der Waals surface area (Å²) in [6, 6.07) is 5.19. The Morgan fingerprint density at radius 1 is 1.08 bits per heavy atom. The van der Waals surface area contributed by atoms with Crippen LogP contribution in [0.1, 0.15) is 30.4 Å². The van der Waals surface area contributed by atoms with Crippen molar-refractivity contribution in [3.8, 4) is 0 Å². The number of halogens is 6. The van der Waals surface area contributed by atoms with E-state index < -0.39 is 24.3 Å². The van der Waals surface area contributed by atoms with Gasteiger partial charge in [-0.15, -0.1) is 0 Å². The smallest absolute Gasteiger partial charge is 0.315 e. The molecule has 1 fully saturated rings. The standard InChI is InChI=1S/C16H20F6N2/c17-15(18,19)7-3-9-24(13-6-8-23-10-13)11-12-4-1-2-5-14(12)16(20,21)22/h1-2,4-5,13,23H,3,6-11H2. The highest BCUT2D eigenvalue weighted by Gasteiger charge is 2.34. The average molecular weight is 354 g/mol. The maximum Gasteiger partial charge on any atom is 0.416 e. The fourth-order valence-corrected chi connectivity index (χ4v) is 2.98. The summed E-state index contributed by atoms with van der Waals surface area (Å²) < 4.78 is 76.4. The van der Waals surface area contributed by atoms with Crippen molar-refractivity contribution in [2.24, 2.45) is 0 Å². The Bertz CT molecular complexity index is 520. The van der Waals surface area contributed by atoms with E-state index in [9.17, 15) is 26.3 Å². The van der Waals surface area contributed by atoms with Crippen molar-refractivity contribution in [1.29, 1.82) is 0 Å². The molecule has 24 heavy (non-hydrogen) atoms. The summed E-state index contributed by atoms with van der Waals surface area (Å²) in [6.45, 7) is 1.43. The highest BCUT2D eigenvalue weighted by atomic mass is 19.4. The zero-order valence-electron chi connectivity index (χ0n) is 13.1. The van der Waals surface area contributed by atoms with Gasteiger partial charge in [0, 0.05) is 25.6 Å². The molecule has 0 bridgehead atoms. The largest absolute Gasteiger partial charge is 0.416 e. The van der Waals surface area contributed by atoms with E-state index in [1.807, 2.05) is 0 Å². The monoisotopic (exact) mass is 354 g/mol. The van der Waals surface area contributed by atoms with Crippen LogP contribution in [0.4, 0.5) is 26.3 Å². The molecular weight excluding hydrogens is 334 g/mol. The van der Waals surface area contributed by atoms with E-state index in [0.717, 1.165) is 19.0 Å². The Hall–Kier alpha value is -1.28. The Morgan fingerprint density at radius 3 is 2.38 bits per heavy atom. The number of alkyl halides is 6. The predicted molar refractivity (Wildman–Crippen MR) is 78.4 cm³/mol. The third-order valence-electron chi connectivity index (χ3n) is 4.15. The van der Waals surface area contributed by atoms with Crippen molar-refractivity contribution in [2.75, 3.05) is 19.6 Å². The third-order valence-corrected chi connectivity index (χ3v) is 4.15. The minimum absolute atomic E-state index is 0.000112. The van der Waals surface area contributed by atoms with Crippen LogP contribution in [-0.4, -0.2) is 36.8 Å². The Kier molecular flexibility index (Phi) is 6.14. The molecule has 0 aromatic heterocycles. The highest BCUT2D eigenvalue weighted by Crippen LogP contribution is 2.33. The molecule has 1 aromatic rings. The molecule has 0 amide bonds. The SMILES string of the molecule is FC(F)(F)CCCN(Cc1ccccc1C(F)(F)F)C1CCNC1. The number of hydrogen-bond acceptors (Lipinski definition) is 2. The first-order valence-corrected chi connectivity index (χ1v) is 7.83. The van der Waals surface area contributed by atoms with Gasteiger partial charge in [-0.25, -0.2) is 0 Å². The molecule has 1 N–H and O–H groups in total. The maximum atomic E-state index is 13.1. The van der Waals surface area contributed by atoms with Gasteiger partial charge in [0.1, 0.15) is 0 Å². The number of hydrogen-bond donors (Lipinski definition) is 1. The number of nitrogens with one attached hydrogen (secondary N) is 1. The Balaban J connectivity index is 2.10. The van der Waals surface area contributed by atoms with Crippen LogP contribution >= 0.6 is 0 Å². The van der Waals surface area contributed by atoms with Crippen molar-refractivity contribution in [2.45, 2.75) is 44.2 Å². The summed E-state index contributed by atoms with van der Waals surface area (Å²) in [4.78, 5) is 1.73. The lowest BCUT2D eigenvalue weighted by atomic mass is 10.0. The van der Waals surface area contributed by atoms with E-state index in [4.69, 9.17) is 0 Å². The van der Waals surface area contributed by atoms with Gasteiger partial charge >= 0.3 is 12.4 Å². The van der Waals surface area contributed by atoms with Crippen LogP contribution in [0.25, 0.3) is 0 Å². The van der Waals surface area contributed by atoms with Crippen molar-refractivity contribution in [1.82, 2.24) is 10.2 Å². The first-order chi connectivity index (χ1) is 11.2. The van der Waals surface area contributed by atoms with E-state index in [0.29, 0.717) is 6.54 Å². The van der Waals surface area contributed by atoms with Crippen molar-refractivity contribution in [3.63, 3.8) is 0 Å². The van der Waals surface area contributed by atoms with E-state index in [1.54, 1.807) is 4.90 Å². The van der Waals surface area contributed by atoms with Gasteiger partial charge < -0.3 is 5.32 Å². The van der Waals surface area contributed by atoms with Gasteiger partial charge in [0.2, 0.25) is 0 Å². The molecule has 1 aliphatic rings. The number of nitrogens with zero attached hydrogens (tertiary/aromatic N) is 1. The van der Waals surface area contributed by atoms with Gasteiger partial charge in [-0.1, -0.05) is 18.2 Å². The van der Waals surface area contributed by atoms with Crippen LogP contribution in [0, 0.1) is 0 Å². The molecule has 1 heterocycles. The molecule has 1 saturated heterocycles. The summed E-state index contributed by atoms with van der Waals surface area (Å²) in [5, 5.41) is 3.10. The van der Waals surface area contributed by atoms with Gasteiger partial charge in [0.15, 0.2) is 0 Å². The number of benzene rings is 1. The maximum absolute atomic E-state index is 13.1. The van der Waals surface area contributed by atoms with Crippen LogP contribution in [0.5, 0.6) is 0 Å². The molecule has 0 radical (unpaired) electrons. The minimum atomic E-state index is -4.47. The molecule has 1 aliphatic heterocycles. The van der Waals surface area contributed by atoms with E-state index in [1.165, 1.54) is 18.2 Å². The van der Waals surface area contributed by atoms with Gasteiger partial charge in [-0.05, 0) is 37.6 Å². The lowest BCUT2D eigenvalue weighted by Gasteiger charge is -2.29. The molecule has 1 atom stereocenters. The van der Waals surface area contributed by atoms with Crippen molar-refractivity contribution in [3.05, 3.63) is 35.4 Å². The fraction of sp³-hybridized carbons (Fsp3) is 0.625. The second kappa shape index (κ2) is 7.74. The molecular formula is C16H20F6N2. The molecule has 0 aliphatic carbocycles. The molecule has 136 valence electrons. The topological polar surface area (TPSA) is 15.3 Å². The lowest BCUT2D eigenvalue weighted by molar-refractivity contribution is -0.138. The summed E-state index contributed by atoms with van der Waals surface area (Å²) in [7, 11) is 0. The molecule has 2 rings (SSSR count). The average Bonchev–Trinajstić information content (AvgIpc) is 2.98. The first-order valence-electron chi connectivity index (χ1n) is 7.83. The van der Waals surface area contributed by atoms with Crippen LogP contribution in [0.15, 0.2) is 24.3 Å². The normalized spacial score (nSPS) is 19.2. The third kappa shape index (κ3) is 5.66. The van der Waals surface area contributed by atoms with Gasteiger partial charge in [0.05, 0.1) is 5.56 Å². The molecule has 8 heteroatoms. The van der Waals surface area contributed by atoms with Crippen LogP contribution in [0.2, 0.25) is 0 Å². The van der Waals surface area contributed by atoms with Crippen molar-refractivity contribution >= 4 is 0 Å².